The Labute approximate surface area is 261 Å². The van der Waals surface area contributed by atoms with Crippen molar-refractivity contribution in [2.45, 2.75) is 121 Å². The molecule has 0 fully saturated rings. The number of aliphatic hydroxyl groups is 6. The summed E-state index contributed by atoms with van der Waals surface area (Å²) in [4.78, 5) is 24.8. The molecule has 0 amide bonds. The summed E-state index contributed by atoms with van der Waals surface area (Å²) in [6.07, 6.45) is 11.4. The minimum atomic E-state index is -1.54. The monoisotopic (exact) mass is 622 g/mol. The molecule has 10 atom stereocenters. The fraction of sp³-hybridized carbons (Fsp3) is 0.647. The van der Waals surface area contributed by atoms with Crippen molar-refractivity contribution in [1.29, 1.82) is 0 Å². The standard InChI is InChI=1S/C34H54O10/c1-4-15-31-23(3)16-12-10-8-6-7-9-11-13-19-28(38)32(33(41)42)30(40)21-25(36)18-14-17-24(35)20-26(37)22-29(39)27(5-2)34(43)44-31/h6-13,16,19,23-32,35-40H,4-5,14-15,17-18,20-22H2,1-3H3,(H,41,42). The predicted molar refractivity (Wildman–Crippen MR) is 168 cm³/mol. The van der Waals surface area contributed by atoms with Gasteiger partial charge in [0.15, 0.2) is 0 Å². The molecule has 7 N–H and O–H groups in total. The summed E-state index contributed by atoms with van der Waals surface area (Å²) in [7, 11) is 0. The summed E-state index contributed by atoms with van der Waals surface area (Å²) in [5.74, 6) is -4.37. The third-order valence-corrected chi connectivity index (χ3v) is 7.85. The zero-order chi connectivity index (χ0) is 33.1. The second-order valence-electron chi connectivity index (χ2n) is 11.7. The van der Waals surface area contributed by atoms with E-state index in [2.05, 4.69) is 0 Å². The van der Waals surface area contributed by atoms with E-state index in [1.54, 1.807) is 37.3 Å². The number of esters is 1. The number of cyclic esters (lactones) is 1. The van der Waals surface area contributed by atoms with E-state index in [0.29, 0.717) is 19.3 Å². The zero-order valence-electron chi connectivity index (χ0n) is 26.3. The van der Waals surface area contributed by atoms with Crippen LogP contribution in [0.5, 0.6) is 0 Å². The second kappa shape index (κ2) is 22.0. The molecule has 10 unspecified atom stereocenters. The molecule has 0 aromatic heterocycles. The molecule has 0 bridgehead atoms. The molecule has 250 valence electrons. The average molecular weight is 623 g/mol. The first-order valence-corrected chi connectivity index (χ1v) is 15.8. The van der Waals surface area contributed by atoms with E-state index in [1.165, 1.54) is 12.2 Å². The van der Waals surface area contributed by atoms with Crippen molar-refractivity contribution in [2.24, 2.45) is 17.8 Å². The molecule has 10 heteroatoms. The summed E-state index contributed by atoms with van der Waals surface area (Å²) in [6.45, 7) is 5.72. The Morgan fingerprint density at radius 2 is 1.30 bits per heavy atom. The van der Waals surface area contributed by atoms with Gasteiger partial charge in [0.05, 0.1) is 42.5 Å². The number of ether oxygens (including phenoxy) is 1. The van der Waals surface area contributed by atoms with Crippen LogP contribution in [0.1, 0.15) is 78.6 Å². The van der Waals surface area contributed by atoms with Gasteiger partial charge in [-0.25, -0.2) is 0 Å². The molecule has 0 saturated heterocycles. The number of carbonyl (C=O) groups excluding carboxylic acids is 1. The molecule has 10 nitrogen and oxygen atoms in total. The average Bonchev–Trinajstić information content (AvgIpc) is 2.93. The van der Waals surface area contributed by atoms with Gasteiger partial charge in [-0.05, 0) is 38.5 Å². The van der Waals surface area contributed by atoms with Crippen LogP contribution in [0.4, 0.5) is 0 Å². The van der Waals surface area contributed by atoms with Crippen LogP contribution >= 0.6 is 0 Å². The molecule has 0 spiro atoms. The van der Waals surface area contributed by atoms with E-state index >= 15 is 0 Å². The maximum Gasteiger partial charge on any atom is 0.312 e. The fourth-order valence-electron chi connectivity index (χ4n) is 5.23. The number of carbonyl (C=O) groups is 2. The van der Waals surface area contributed by atoms with Gasteiger partial charge in [0.25, 0.3) is 0 Å². The summed E-state index contributed by atoms with van der Waals surface area (Å²) >= 11 is 0. The molecule has 1 aliphatic rings. The van der Waals surface area contributed by atoms with Crippen LogP contribution in [-0.4, -0.2) is 90.4 Å². The van der Waals surface area contributed by atoms with Gasteiger partial charge in [-0.1, -0.05) is 88.0 Å². The third kappa shape index (κ3) is 15.4. The molecule has 0 radical (unpaired) electrons. The third-order valence-electron chi connectivity index (χ3n) is 7.85. The molecule has 0 aliphatic carbocycles. The minimum absolute atomic E-state index is 0.0433. The normalized spacial score (nSPS) is 34.6. The summed E-state index contributed by atoms with van der Waals surface area (Å²) in [5.41, 5.74) is 0. The first kappa shape index (κ1) is 39.4. The van der Waals surface area contributed by atoms with E-state index in [-0.39, 0.29) is 44.1 Å². The molecule has 0 aromatic carbocycles. The molecular formula is C34H54O10. The Hall–Kier alpha value is -2.60. The Morgan fingerprint density at radius 3 is 1.84 bits per heavy atom. The van der Waals surface area contributed by atoms with Crippen LogP contribution in [0.3, 0.4) is 0 Å². The Bertz CT molecular complexity index is 971. The predicted octanol–water partition coefficient (Wildman–Crippen LogP) is 3.36. The largest absolute Gasteiger partial charge is 0.481 e. The SMILES string of the molecule is CCCC1OC(=O)C(CC)C(O)CC(O)CC(O)CCCC(O)CC(O)C(C(=O)O)C(O)C=CC=CC=CC=CC=CC1C. The van der Waals surface area contributed by atoms with Gasteiger partial charge in [0, 0.05) is 18.8 Å². The van der Waals surface area contributed by atoms with E-state index < -0.39 is 60.4 Å². The van der Waals surface area contributed by atoms with Crippen molar-refractivity contribution < 1.29 is 50.1 Å². The fourth-order valence-corrected chi connectivity index (χ4v) is 5.23. The number of aliphatic hydroxyl groups excluding tert-OH is 6. The summed E-state index contributed by atoms with van der Waals surface area (Å²) in [5, 5.41) is 72.4. The second-order valence-corrected chi connectivity index (χ2v) is 11.7. The van der Waals surface area contributed by atoms with Gasteiger partial charge in [-0.2, -0.15) is 0 Å². The molecule has 1 heterocycles. The molecule has 44 heavy (non-hydrogen) atoms. The van der Waals surface area contributed by atoms with Crippen LogP contribution < -0.4 is 0 Å². The minimum Gasteiger partial charge on any atom is -0.481 e. The lowest BCUT2D eigenvalue weighted by molar-refractivity contribution is -0.161. The first-order chi connectivity index (χ1) is 20.9. The maximum absolute atomic E-state index is 13.0. The van der Waals surface area contributed by atoms with E-state index in [4.69, 9.17) is 4.74 Å². The van der Waals surface area contributed by atoms with Gasteiger partial charge in [-0.15, -0.1) is 0 Å². The lowest BCUT2D eigenvalue weighted by Crippen LogP contribution is -2.39. The van der Waals surface area contributed by atoms with Crippen LogP contribution in [0.15, 0.2) is 60.8 Å². The maximum atomic E-state index is 13.0. The molecular weight excluding hydrogens is 568 g/mol. The van der Waals surface area contributed by atoms with Crippen molar-refractivity contribution in [2.75, 3.05) is 0 Å². The van der Waals surface area contributed by atoms with Crippen molar-refractivity contribution in [1.82, 2.24) is 0 Å². The molecule has 1 rings (SSSR count). The Balaban J connectivity index is 3.11. The number of carboxylic acids is 1. The van der Waals surface area contributed by atoms with Crippen LogP contribution in [0.2, 0.25) is 0 Å². The van der Waals surface area contributed by atoms with Crippen molar-refractivity contribution in [3.05, 3.63) is 60.8 Å². The number of aliphatic carboxylic acids is 1. The smallest absolute Gasteiger partial charge is 0.312 e. The topological polar surface area (TPSA) is 185 Å². The molecule has 0 aromatic rings. The highest BCUT2D eigenvalue weighted by Gasteiger charge is 2.34. The number of rotatable bonds is 4. The molecule has 1 aliphatic heterocycles. The Kier molecular flexibility index (Phi) is 19.7. The summed E-state index contributed by atoms with van der Waals surface area (Å²) < 4.78 is 5.83. The lowest BCUT2D eigenvalue weighted by Gasteiger charge is -2.27. The number of hydrogen-bond donors (Lipinski definition) is 7. The van der Waals surface area contributed by atoms with Gasteiger partial charge >= 0.3 is 11.9 Å². The van der Waals surface area contributed by atoms with Crippen molar-refractivity contribution in [3.8, 4) is 0 Å². The van der Waals surface area contributed by atoms with Gasteiger partial charge in [0.2, 0.25) is 0 Å². The lowest BCUT2D eigenvalue weighted by atomic mass is 9.90. The molecule has 0 saturated carbocycles. The Morgan fingerprint density at radius 1 is 0.773 bits per heavy atom. The van der Waals surface area contributed by atoms with Crippen molar-refractivity contribution >= 4 is 11.9 Å². The highest BCUT2D eigenvalue weighted by atomic mass is 16.5. The van der Waals surface area contributed by atoms with E-state index in [1.807, 2.05) is 32.1 Å². The number of hydrogen-bond acceptors (Lipinski definition) is 9. The highest BCUT2D eigenvalue weighted by Crippen LogP contribution is 2.23. The zero-order valence-corrected chi connectivity index (χ0v) is 26.3. The van der Waals surface area contributed by atoms with E-state index in [9.17, 15) is 45.3 Å². The summed E-state index contributed by atoms with van der Waals surface area (Å²) in [6, 6.07) is 0. The van der Waals surface area contributed by atoms with Gasteiger partial charge in [-0.3, -0.25) is 9.59 Å². The number of allylic oxidation sites excluding steroid dienone is 8. The highest BCUT2D eigenvalue weighted by molar-refractivity contribution is 5.73. The van der Waals surface area contributed by atoms with Crippen molar-refractivity contribution in [3.63, 3.8) is 0 Å². The van der Waals surface area contributed by atoms with E-state index in [0.717, 1.165) is 6.42 Å². The van der Waals surface area contributed by atoms with Crippen LogP contribution in [0.25, 0.3) is 0 Å². The first-order valence-electron chi connectivity index (χ1n) is 15.8. The van der Waals surface area contributed by atoms with Crippen LogP contribution in [-0.2, 0) is 14.3 Å². The number of carboxylic acid groups (broad SMARTS) is 1. The van der Waals surface area contributed by atoms with Crippen LogP contribution in [0, 0.1) is 17.8 Å². The van der Waals surface area contributed by atoms with Gasteiger partial charge in [0.1, 0.15) is 12.0 Å². The quantitative estimate of drug-likeness (QED) is 0.229. The van der Waals surface area contributed by atoms with Gasteiger partial charge < -0.3 is 40.5 Å².